The smallest absolute Gasteiger partial charge is 0.416 e. The molecule has 0 radical (unpaired) electrons. The molecule has 2 aliphatic heterocycles. The summed E-state index contributed by atoms with van der Waals surface area (Å²) < 4.78 is 34.7. The van der Waals surface area contributed by atoms with E-state index < -0.39 is 18.7 Å². The molecule has 1 spiro atoms. The highest BCUT2D eigenvalue weighted by Gasteiger charge is 2.59. The van der Waals surface area contributed by atoms with E-state index in [0.717, 1.165) is 28.9 Å². The summed E-state index contributed by atoms with van der Waals surface area (Å²) in [5, 5.41) is 0. The Labute approximate surface area is 174 Å². The number of carbonyl (C=O) groups excluding carboxylic acids is 1. The van der Waals surface area contributed by atoms with E-state index in [4.69, 9.17) is 10.5 Å². The van der Waals surface area contributed by atoms with Crippen molar-refractivity contribution in [2.75, 3.05) is 20.1 Å². The summed E-state index contributed by atoms with van der Waals surface area (Å²) >= 11 is 0. The van der Waals surface area contributed by atoms with Gasteiger partial charge in [-0.25, -0.2) is 4.79 Å². The number of nitrogens with zero attached hydrogens (tertiary/aromatic N) is 2. The van der Waals surface area contributed by atoms with Crippen LogP contribution in [0.4, 0.5) is 13.6 Å². The Morgan fingerprint density at radius 3 is 2.63 bits per heavy atom. The molecule has 2 atom stereocenters. The number of urea groups is 1. The Morgan fingerprint density at radius 1 is 1.10 bits per heavy atom. The Balaban J connectivity index is 1.61. The van der Waals surface area contributed by atoms with Crippen LogP contribution < -0.4 is 10.5 Å². The van der Waals surface area contributed by atoms with Gasteiger partial charge in [0.05, 0.1) is 6.04 Å². The third kappa shape index (κ3) is 3.21. The van der Waals surface area contributed by atoms with Gasteiger partial charge in [0, 0.05) is 30.6 Å². The highest BCUT2D eigenvalue weighted by atomic mass is 19.3. The topological polar surface area (TPSA) is 58.8 Å². The number of hydrogen-bond donors (Lipinski definition) is 1. The number of alkyl halides is 2. The lowest BCUT2D eigenvalue weighted by molar-refractivity contribution is -0.182. The molecule has 7 heteroatoms. The lowest BCUT2D eigenvalue weighted by Crippen LogP contribution is -2.51. The third-order valence-corrected chi connectivity index (χ3v) is 6.72. The first kappa shape index (κ1) is 19.3. The minimum absolute atomic E-state index is 0.0680. The van der Waals surface area contributed by atoms with E-state index >= 15 is 0 Å². The van der Waals surface area contributed by atoms with E-state index in [0.29, 0.717) is 18.5 Å². The summed E-state index contributed by atoms with van der Waals surface area (Å²) in [5.41, 5.74) is 8.95. The van der Waals surface area contributed by atoms with Crippen LogP contribution in [-0.4, -0.2) is 54.2 Å². The third-order valence-electron chi connectivity index (χ3n) is 6.72. The zero-order valence-electron chi connectivity index (χ0n) is 16.9. The molecular formula is C23H25F2N3O2. The van der Waals surface area contributed by atoms with Crippen molar-refractivity contribution in [2.45, 2.75) is 37.5 Å². The second-order valence-corrected chi connectivity index (χ2v) is 8.86. The molecule has 2 heterocycles. The molecule has 1 aliphatic carbocycles. The largest absolute Gasteiger partial charge is 0.431 e. The van der Waals surface area contributed by atoms with Crippen molar-refractivity contribution in [3.05, 3.63) is 54.1 Å². The first-order valence-corrected chi connectivity index (χ1v) is 10.3. The Bertz CT molecular complexity index is 992. The number of amides is 2. The van der Waals surface area contributed by atoms with Gasteiger partial charge >= 0.3 is 12.1 Å². The van der Waals surface area contributed by atoms with Crippen molar-refractivity contribution in [1.82, 2.24) is 9.80 Å². The van der Waals surface area contributed by atoms with Crippen molar-refractivity contribution in [1.29, 1.82) is 0 Å². The van der Waals surface area contributed by atoms with Crippen LogP contribution in [0, 0.1) is 5.41 Å². The molecule has 2 N–H and O–H groups in total. The molecule has 1 saturated heterocycles. The monoisotopic (exact) mass is 413 g/mol. The normalized spacial score (nSPS) is 26.7. The molecule has 1 saturated carbocycles. The number of benzene rings is 2. The van der Waals surface area contributed by atoms with Gasteiger partial charge in [-0.15, -0.1) is 0 Å². The molecule has 2 unspecified atom stereocenters. The predicted octanol–water partition coefficient (Wildman–Crippen LogP) is 3.72. The van der Waals surface area contributed by atoms with Gasteiger partial charge in [0.15, 0.2) is 0 Å². The van der Waals surface area contributed by atoms with Gasteiger partial charge in [-0.2, -0.15) is 8.78 Å². The number of nitrogens with two attached hydrogens (primary N) is 1. The van der Waals surface area contributed by atoms with Gasteiger partial charge in [-0.3, -0.25) is 0 Å². The van der Waals surface area contributed by atoms with E-state index in [9.17, 15) is 13.6 Å². The molecule has 2 amide bonds. The molecule has 3 aliphatic rings. The number of halogens is 2. The van der Waals surface area contributed by atoms with Crippen molar-refractivity contribution in [3.63, 3.8) is 0 Å². The second kappa shape index (κ2) is 6.67. The second-order valence-electron chi connectivity index (χ2n) is 8.86. The highest BCUT2D eigenvalue weighted by Crippen LogP contribution is 2.54. The number of hydrogen-bond acceptors (Lipinski definition) is 3. The predicted molar refractivity (Wildman–Crippen MR) is 109 cm³/mol. The number of fused-ring (bicyclic) bond motifs is 5. The van der Waals surface area contributed by atoms with Gasteiger partial charge in [-0.1, -0.05) is 42.5 Å². The Morgan fingerprint density at radius 2 is 1.87 bits per heavy atom. The summed E-state index contributed by atoms with van der Waals surface area (Å²) in [6.45, 7) is -0.308. The fourth-order valence-electron chi connectivity index (χ4n) is 4.92. The average molecular weight is 413 g/mol. The zero-order chi connectivity index (χ0) is 21.1. The van der Waals surface area contributed by atoms with Gasteiger partial charge in [0.2, 0.25) is 0 Å². The van der Waals surface area contributed by atoms with Crippen molar-refractivity contribution in [3.8, 4) is 16.9 Å². The summed E-state index contributed by atoms with van der Waals surface area (Å²) in [6.07, 6.45) is -0.980. The fraction of sp³-hybridized carbons (Fsp3) is 0.435. The van der Waals surface area contributed by atoms with Crippen LogP contribution in [0.2, 0.25) is 0 Å². The van der Waals surface area contributed by atoms with Crippen LogP contribution >= 0.6 is 0 Å². The van der Waals surface area contributed by atoms with Crippen LogP contribution in [-0.2, 0) is 6.42 Å². The van der Waals surface area contributed by atoms with Gasteiger partial charge in [0.1, 0.15) is 12.3 Å². The highest BCUT2D eigenvalue weighted by molar-refractivity contribution is 5.76. The number of para-hydroxylation sites is 1. The van der Waals surface area contributed by atoms with E-state index in [1.807, 2.05) is 24.3 Å². The maximum atomic E-state index is 14.8. The van der Waals surface area contributed by atoms with E-state index in [1.54, 1.807) is 23.1 Å². The summed E-state index contributed by atoms with van der Waals surface area (Å²) in [6, 6.07) is 13.7. The lowest BCUT2D eigenvalue weighted by atomic mass is 9.91. The summed E-state index contributed by atoms with van der Waals surface area (Å²) in [7, 11) is 1.39. The average Bonchev–Trinajstić information content (AvgIpc) is 3.44. The molecular weight excluding hydrogens is 388 g/mol. The maximum Gasteiger partial charge on any atom is 0.416 e. The maximum absolute atomic E-state index is 14.8. The molecule has 2 fully saturated rings. The van der Waals surface area contributed by atoms with E-state index in [-0.39, 0.29) is 23.2 Å². The first-order valence-electron chi connectivity index (χ1n) is 10.3. The minimum atomic E-state index is -3.53. The quantitative estimate of drug-likeness (QED) is 0.716. The summed E-state index contributed by atoms with van der Waals surface area (Å²) in [4.78, 5) is 15.9. The van der Waals surface area contributed by atoms with Crippen molar-refractivity contribution in [2.24, 2.45) is 11.1 Å². The van der Waals surface area contributed by atoms with Crippen LogP contribution in [0.25, 0.3) is 11.1 Å². The SMILES string of the molecule is CN1CC(F)(F)Oc2ccccc2-c2cccc(c2)CC2C(N)C3(CC3)CN2C1=O. The number of ether oxygens (including phenoxy) is 1. The van der Waals surface area contributed by atoms with Crippen LogP contribution in [0.1, 0.15) is 18.4 Å². The molecule has 158 valence electrons. The molecule has 5 rings (SSSR count). The van der Waals surface area contributed by atoms with Crippen LogP contribution in [0.5, 0.6) is 5.75 Å². The molecule has 0 aromatic heterocycles. The van der Waals surface area contributed by atoms with Gasteiger partial charge in [0.25, 0.3) is 0 Å². The fourth-order valence-corrected chi connectivity index (χ4v) is 4.92. The standard InChI is InChI=1S/C23H25F2N3O2/c1-27-14-23(24,25)30-19-8-3-2-7-17(19)16-6-4-5-15(11-16)12-18-20(26)22(9-10-22)13-28(18)21(27)29/h2-8,11,18,20H,9-10,12-14,26H2,1H3. The first-order chi connectivity index (χ1) is 14.3. The Hall–Kier alpha value is -2.67. The minimum Gasteiger partial charge on any atom is -0.431 e. The van der Waals surface area contributed by atoms with Crippen LogP contribution in [0.15, 0.2) is 48.5 Å². The van der Waals surface area contributed by atoms with Crippen molar-refractivity contribution >= 4 is 6.03 Å². The van der Waals surface area contributed by atoms with Crippen molar-refractivity contribution < 1.29 is 18.3 Å². The van der Waals surface area contributed by atoms with E-state index in [2.05, 4.69) is 0 Å². The zero-order valence-corrected chi connectivity index (χ0v) is 16.9. The van der Waals surface area contributed by atoms with Gasteiger partial charge in [-0.05, 0) is 36.5 Å². The molecule has 2 aromatic carbocycles. The molecule has 5 nitrogen and oxygen atoms in total. The number of rotatable bonds is 0. The Kier molecular flexibility index (Phi) is 4.29. The van der Waals surface area contributed by atoms with E-state index in [1.165, 1.54) is 13.1 Å². The van der Waals surface area contributed by atoms with Crippen LogP contribution in [0.3, 0.4) is 0 Å². The van der Waals surface area contributed by atoms with Gasteiger partial charge < -0.3 is 20.3 Å². The number of carbonyl (C=O) groups is 1. The molecule has 30 heavy (non-hydrogen) atoms. The summed E-state index contributed by atoms with van der Waals surface area (Å²) in [5.74, 6) is 0.0916. The number of likely N-dealkylation sites (N-methyl/N-ethyl adjacent to an activating group) is 1. The lowest BCUT2D eigenvalue weighted by Gasteiger charge is -2.32. The molecule has 2 aromatic rings. The molecule has 2 bridgehead atoms.